The molecule has 0 fully saturated rings. The number of aryl methyl sites for hydroxylation is 1. The van der Waals surface area contributed by atoms with Crippen molar-refractivity contribution in [1.82, 2.24) is 0 Å². The van der Waals surface area contributed by atoms with Gasteiger partial charge in [-0.1, -0.05) is 52.2 Å². The summed E-state index contributed by atoms with van der Waals surface area (Å²) in [6.45, 7) is 10.3. The van der Waals surface area contributed by atoms with E-state index in [0.717, 1.165) is 50.4 Å². The molecule has 2 nitrogen and oxygen atoms in total. The molecule has 0 saturated carbocycles. The number of hydrogen-bond acceptors (Lipinski definition) is 2. The fourth-order valence-electron chi connectivity index (χ4n) is 3.66. The van der Waals surface area contributed by atoms with Gasteiger partial charge in [-0.25, -0.2) is 0 Å². The van der Waals surface area contributed by atoms with Gasteiger partial charge in [0.2, 0.25) is 0 Å². The van der Waals surface area contributed by atoms with Gasteiger partial charge in [0, 0.05) is 5.38 Å². The first-order chi connectivity index (χ1) is 14.1. The number of unbranched alkanes of at least 4 members (excludes halogenated alkanes) is 2. The summed E-state index contributed by atoms with van der Waals surface area (Å²) in [4.78, 5) is 0. The summed E-state index contributed by atoms with van der Waals surface area (Å²) < 4.78 is 12.2. The predicted molar refractivity (Wildman–Crippen MR) is 127 cm³/mol. The summed E-state index contributed by atoms with van der Waals surface area (Å²) in [6.07, 6.45) is 9.24. The van der Waals surface area contributed by atoms with E-state index in [4.69, 9.17) is 21.1 Å². The number of halogens is 1. The molecule has 0 heterocycles. The number of alkyl halides is 1. The van der Waals surface area contributed by atoms with Gasteiger partial charge in [-0.15, -0.1) is 11.6 Å². The number of hydrogen-bond donors (Lipinski definition) is 0. The fourth-order valence-corrected chi connectivity index (χ4v) is 3.81. The highest BCUT2D eigenvalue weighted by atomic mass is 35.5. The van der Waals surface area contributed by atoms with Crippen LogP contribution in [-0.4, -0.2) is 18.6 Å². The number of rotatable bonds is 14. The van der Waals surface area contributed by atoms with Gasteiger partial charge in [0.05, 0.1) is 13.2 Å². The van der Waals surface area contributed by atoms with E-state index in [1.807, 2.05) is 0 Å². The van der Waals surface area contributed by atoms with Crippen LogP contribution in [0.3, 0.4) is 0 Å². The number of fused-ring (bicyclic) bond motifs is 1. The summed E-state index contributed by atoms with van der Waals surface area (Å²) in [5, 5.41) is 2.75. The SMILES string of the molecule is CCCCC(CC)COc1ccc2c(C)c(OCCCCC(Cl)CC)ccc2c1. The Hall–Kier alpha value is -1.41. The third-order valence-electron chi connectivity index (χ3n) is 5.85. The zero-order valence-corrected chi connectivity index (χ0v) is 19.6. The Labute approximate surface area is 182 Å². The monoisotopic (exact) mass is 418 g/mol. The normalized spacial score (nSPS) is 13.4. The molecule has 0 bridgehead atoms. The summed E-state index contributed by atoms with van der Waals surface area (Å²) >= 11 is 6.18. The van der Waals surface area contributed by atoms with Crippen molar-refractivity contribution in [3.63, 3.8) is 0 Å². The van der Waals surface area contributed by atoms with E-state index in [2.05, 4.69) is 58.0 Å². The molecule has 2 aromatic rings. The van der Waals surface area contributed by atoms with E-state index in [1.165, 1.54) is 42.0 Å². The molecule has 2 rings (SSSR count). The summed E-state index contributed by atoms with van der Waals surface area (Å²) in [5.41, 5.74) is 1.20. The van der Waals surface area contributed by atoms with Crippen LogP contribution in [0, 0.1) is 12.8 Å². The predicted octanol–water partition coefficient (Wildman–Crippen LogP) is 8.31. The van der Waals surface area contributed by atoms with E-state index in [9.17, 15) is 0 Å². The molecule has 0 radical (unpaired) electrons. The van der Waals surface area contributed by atoms with Crippen molar-refractivity contribution < 1.29 is 9.47 Å². The van der Waals surface area contributed by atoms with Crippen LogP contribution >= 0.6 is 11.6 Å². The minimum absolute atomic E-state index is 0.299. The van der Waals surface area contributed by atoms with Crippen molar-refractivity contribution in [3.05, 3.63) is 35.9 Å². The van der Waals surface area contributed by atoms with E-state index in [1.54, 1.807) is 0 Å². The Kier molecular flexibility index (Phi) is 10.7. The van der Waals surface area contributed by atoms with Crippen LogP contribution in [0.5, 0.6) is 11.5 Å². The van der Waals surface area contributed by atoms with E-state index in [0.29, 0.717) is 11.3 Å². The highest BCUT2D eigenvalue weighted by Gasteiger charge is 2.09. The molecule has 0 aromatic heterocycles. The van der Waals surface area contributed by atoms with Gasteiger partial charge in [-0.05, 0) is 79.5 Å². The third kappa shape index (κ3) is 7.74. The van der Waals surface area contributed by atoms with Gasteiger partial charge in [-0.3, -0.25) is 0 Å². The third-order valence-corrected chi connectivity index (χ3v) is 6.38. The molecule has 0 N–H and O–H groups in total. The first-order valence-electron chi connectivity index (χ1n) is 11.5. The van der Waals surface area contributed by atoms with Crippen molar-refractivity contribution in [2.75, 3.05) is 13.2 Å². The molecule has 2 unspecified atom stereocenters. The molecule has 0 aliphatic carbocycles. The zero-order chi connectivity index (χ0) is 21.1. The Morgan fingerprint density at radius 2 is 1.72 bits per heavy atom. The molecule has 2 aromatic carbocycles. The summed E-state index contributed by atoms with van der Waals surface area (Å²) in [7, 11) is 0. The molecule has 2 atom stereocenters. The molecule has 29 heavy (non-hydrogen) atoms. The average Bonchev–Trinajstić information content (AvgIpc) is 2.74. The molecule has 3 heteroatoms. The Morgan fingerprint density at radius 3 is 2.45 bits per heavy atom. The lowest BCUT2D eigenvalue weighted by Crippen LogP contribution is -2.11. The van der Waals surface area contributed by atoms with Gasteiger partial charge >= 0.3 is 0 Å². The maximum Gasteiger partial charge on any atom is 0.122 e. The molecule has 0 saturated heterocycles. The smallest absolute Gasteiger partial charge is 0.122 e. The molecule has 0 spiro atoms. The zero-order valence-electron chi connectivity index (χ0n) is 18.8. The van der Waals surface area contributed by atoms with E-state index < -0.39 is 0 Å². The molecular weight excluding hydrogens is 380 g/mol. The topological polar surface area (TPSA) is 18.5 Å². The summed E-state index contributed by atoms with van der Waals surface area (Å²) in [6, 6.07) is 10.7. The fraction of sp³-hybridized carbons (Fsp3) is 0.615. The lowest BCUT2D eigenvalue weighted by atomic mass is 10.0. The highest BCUT2D eigenvalue weighted by Crippen LogP contribution is 2.30. The molecule has 0 aliphatic heterocycles. The highest BCUT2D eigenvalue weighted by molar-refractivity contribution is 6.20. The molecule has 0 aliphatic rings. The Balaban J connectivity index is 1.92. The second-order valence-corrected chi connectivity index (χ2v) is 8.77. The minimum atomic E-state index is 0.299. The van der Waals surface area contributed by atoms with Crippen LogP contribution in [0.25, 0.3) is 10.8 Å². The van der Waals surface area contributed by atoms with Crippen molar-refractivity contribution in [1.29, 1.82) is 0 Å². The maximum absolute atomic E-state index is 6.18. The largest absolute Gasteiger partial charge is 0.493 e. The van der Waals surface area contributed by atoms with Crippen LogP contribution in [-0.2, 0) is 0 Å². The number of ether oxygens (including phenoxy) is 2. The molecule has 0 amide bonds. The maximum atomic E-state index is 6.18. The van der Waals surface area contributed by atoms with Crippen molar-refractivity contribution in [2.45, 2.75) is 84.4 Å². The average molecular weight is 419 g/mol. The Bertz CT molecular complexity index is 728. The first kappa shape index (κ1) is 23.9. The number of benzene rings is 2. The van der Waals surface area contributed by atoms with Gasteiger partial charge in [0.1, 0.15) is 11.5 Å². The van der Waals surface area contributed by atoms with Crippen LogP contribution in [0.15, 0.2) is 30.3 Å². The van der Waals surface area contributed by atoms with Gasteiger partial charge in [0.25, 0.3) is 0 Å². The van der Waals surface area contributed by atoms with Crippen LogP contribution < -0.4 is 9.47 Å². The van der Waals surface area contributed by atoms with Crippen molar-refractivity contribution in [2.24, 2.45) is 5.92 Å². The van der Waals surface area contributed by atoms with Crippen molar-refractivity contribution in [3.8, 4) is 11.5 Å². The van der Waals surface area contributed by atoms with Crippen LogP contribution in [0.4, 0.5) is 0 Å². The summed E-state index contributed by atoms with van der Waals surface area (Å²) in [5.74, 6) is 2.59. The lowest BCUT2D eigenvalue weighted by molar-refractivity contribution is 0.233. The van der Waals surface area contributed by atoms with Crippen LogP contribution in [0.2, 0.25) is 0 Å². The minimum Gasteiger partial charge on any atom is -0.493 e. The van der Waals surface area contributed by atoms with Gasteiger partial charge in [0.15, 0.2) is 0 Å². The van der Waals surface area contributed by atoms with E-state index in [-0.39, 0.29) is 0 Å². The first-order valence-corrected chi connectivity index (χ1v) is 12.0. The van der Waals surface area contributed by atoms with Crippen molar-refractivity contribution >= 4 is 22.4 Å². The quantitative estimate of drug-likeness (QED) is 0.227. The van der Waals surface area contributed by atoms with Gasteiger partial charge in [-0.2, -0.15) is 0 Å². The standard InChI is InChI=1S/C26H39ClO2/c1-5-8-11-21(6-2)19-29-24-14-15-25-20(4)26(16-13-22(25)18-24)28-17-10-9-12-23(27)7-3/h13-16,18,21,23H,5-12,17,19H2,1-4H3. The van der Waals surface area contributed by atoms with Gasteiger partial charge < -0.3 is 9.47 Å². The second kappa shape index (κ2) is 13.0. The second-order valence-electron chi connectivity index (χ2n) is 8.15. The molecule has 162 valence electrons. The van der Waals surface area contributed by atoms with Crippen LogP contribution in [0.1, 0.15) is 77.7 Å². The Morgan fingerprint density at radius 1 is 0.897 bits per heavy atom. The van der Waals surface area contributed by atoms with E-state index >= 15 is 0 Å². The lowest BCUT2D eigenvalue weighted by Gasteiger charge is -2.16. The molecular formula is C26H39ClO2.